The summed E-state index contributed by atoms with van der Waals surface area (Å²) < 4.78 is 12.6. The molecule has 146 valence electrons. The molecule has 6 nitrogen and oxygen atoms in total. The lowest BCUT2D eigenvalue weighted by Crippen LogP contribution is -1.94. The lowest BCUT2D eigenvalue weighted by molar-refractivity contribution is 0.355. The van der Waals surface area contributed by atoms with Crippen LogP contribution >= 0.6 is 39.9 Å². The van der Waals surface area contributed by atoms with Crippen LogP contribution in [0.1, 0.15) is 5.69 Å². The molecule has 0 radical (unpaired) electrons. The van der Waals surface area contributed by atoms with Gasteiger partial charge in [-0.25, -0.2) is 9.97 Å². The molecule has 4 rings (SSSR count). The van der Waals surface area contributed by atoms with E-state index in [0.717, 1.165) is 33.5 Å². The van der Waals surface area contributed by atoms with Gasteiger partial charge in [-0.1, -0.05) is 11.6 Å². The molecule has 4 aromatic rings. The van der Waals surface area contributed by atoms with E-state index < -0.39 is 0 Å². The van der Waals surface area contributed by atoms with Crippen molar-refractivity contribution in [2.75, 3.05) is 19.5 Å². The fourth-order valence-electron chi connectivity index (χ4n) is 2.92. The number of nitrogens with one attached hydrogen (secondary N) is 1. The number of hydrogen-bond donors (Lipinski definition) is 1. The highest BCUT2D eigenvalue weighted by Crippen LogP contribution is 2.33. The number of aryl methyl sites for hydroxylation is 1. The third-order valence-electron chi connectivity index (χ3n) is 4.14. The van der Waals surface area contributed by atoms with Crippen molar-refractivity contribution in [1.82, 2.24) is 14.4 Å². The molecule has 0 fully saturated rings. The number of nitrogens with zero attached hydrogens (tertiary/aromatic N) is 3. The second-order valence-corrected chi connectivity index (χ2v) is 7.15. The fraction of sp³-hybridized carbons (Fsp3) is 0.158. The predicted octanol–water partition coefficient (Wildman–Crippen LogP) is 5.76. The summed E-state index contributed by atoms with van der Waals surface area (Å²) in [6.45, 7) is 1.97. The Morgan fingerprint density at radius 2 is 1.86 bits per heavy atom. The number of aromatic nitrogens is 3. The van der Waals surface area contributed by atoms with E-state index >= 15 is 0 Å². The van der Waals surface area contributed by atoms with Gasteiger partial charge in [0.2, 0.25) is 0 Å². The lowest BCUT2D eigenvalue weighted by Gasteiger charge is -2.09. The van der Waals surface area contributed by atoms with Gasteiger partial charge in [-0.15, -0.1) is 28.3 Å². The van der Waals surface area contributed by atoms with E-state index in [1.54, 1.807) is 14.2 Å². The van der Waals surface area contributed by atoms with E-state index in [4.69, 9.17) is 26.1 Å². The van der Waals surface area contributed by atoms with Gasteiger partial charge in [-0.2, -0.15) is 0 Å². The molecular formula is C19H18BrClN4O2S. The summed E-state index contributed by atoms with van der Waals surface area (Å²) in [5.74, 6) is 1.34. The third kappa shape index (κ3) is 3.80. The van der Waals surface area contributed by atoms with E-state index in [1.807, 2.05) is 53.2 Å². The number of rotatable bonds is 5. The van der Waals surface area contributed by atoms with Gasteiger partial charge in [0.15, 0.2) is 16.6 Å². The summed E-state index contributed by atoms with van der Waals surface area (Å²) in [4.78, 5) is 9.30. The van der Waals surface area contributed by atoms with Gasteiger partial charge in [0.05, 0.1) is 30.6 Å². The number of ether oxygens (including phenoxy) is 2. The molecule has 1 aromatic carbocycles. The number of imidazole rings is 1. The Hall–Kier alpha value is -2.29. The number of methoxy groups -OCH3 is 2. The van der Waals surface area contributed by atoms with Gasteiger partial charge in [-0.3, -0.25) is 4.40 Å². The summed E-state index contributed by atoms with van der Waals surface area (Å²) in [5.41, 5.74) is 4.39. The first kappa shape index (κ1) is 20.4. The molecule has 0 aliphatic heterocycles. The summed E-state index contributed by atoms with van der Waals surface area (Å²) in [6, 6.07) is 9.37. The molecular weight excluding hydrogens is 464 g/mol. The minimum absolute atomic E-state index is 0. The Balaban J connectivity index is 0.00000225. The van der Waals surface area contributed by atoms with Crippen LogP contribution in [0.25, 0.3) is 17.0 Å². The number of benzene rings is 1. The van der Waals surface area contributed by atoms with Crippen LogP contribution in [0.4, 0.5) is 10.8 Å². The molecule has 1 N–H and O–H groups in total. The number of pyridine rings is 1. The van der Waals surface area contributed by atoms with E-state index in [-0.39, 0.29) is 17.0 Å². The Morgan fingerprint density at radius 1 is 1.07 bits per heavy atom. The highest BCUT2D eigenvalue weighted by atomic mass is 79.9. The molecule has 3 heterocycles. The molecule has 0 spiro atoms. The summed E-state index contributed by atoms with van der Waals surface area (Å²) >= 11 is 7.67. The van der Waals surface area contributed by atoms with Crippen molar-refractivity contribution < 1.29 is 9.47 Å². The molecule has 0 saturated carbocycles. The highest BCUT2D eigenvalue weighted by Gasteiger charge is 2.15. The Labute approximate surface area is 181 Å². The summed E-state index contributed by atoms with van der Waals surface area (Å²) in [7, 11) is 3.23. The molecule has 0 amide bonds. The maximum Gasteiger partial charge on any atom is 0.187 e. The van der Waals surface area contributed by atoms with Crippen molar-refractivity contribution in [1.29, 1.82) is 0 Å². The van der Waals surface area contributed by atoms with Crippen molar-refractivity contribution in [2.24, 2.45) is 0 Å². The van der Waals surface area contributed by atoms with Crippen molar-refractivity contribution in [2.45, 2.75) is 6.92 Å². The number of thiazole rings is 1. The number of anilines is 2. The first-order valence-electron chi connectivity index (χ1n) is 8.18. The molecule has 9 heteroatoms. The quantitative estimate of drug-likeness (QED) is 0.393. The summed E-state index contributed by atoms with van der Waals surface area (Å²) in [5, 5.41) is 6.73. The normalized spacial score (nSPS) is 10.6. The number of halogens is 2. The van der Waals surface area contributed by atoms with Crippen LogP contribution in [0.15, 0.2) is 41.9 Å². The lowest BCUT2D eigenvalue weighted by atomic mass is 10.2. The van der Waals surface area contributed by atoms with Crippen LogP contribution in [-0.4, -0.2) is 28.6 Å². The zero-order valence-electron chi connectivity index (χ0n) is 15.4. The van der Waals surface area contributed by atoms with Crippen molar-refractivity contribution in [3.8, 4) is 22.9 Å². The van der Waals surface area contributed by atoms with Crippen molar-refractivity contribution in [3.63, 3.8) is 0 Å². The minimum atomic E-state index is 0. The molecule has 0 bridgehead atoms. The van der Waals surface area contributed by atoms with E-state index in [2.05, 4.69) is 10.3 Å². The zero-order valence-corrected chi connectivity index (χ0v) is 18.7. The highest BCUT2D eigenvalue weighted by molar-refractivity contribution is 8.93. The first-order chi connectivity index (χ1) is 13.1. The minimum Gasteiger partial charge on any atom is -0.493 e. The van der Waals surface area contributed by atoms with Crippen LogP contribution in [-0.2, 0) is 0 Å². The second kappa shape index (κ2) is 8.38. The van der Waals surface area contributed by atoms with Crippen LogP contribution in [0, 0.1) is 6.92 Å². The van der Waals surface area contributed by atoms with Gasteiger partial charge >= 0.3 is 0 Å². The average Bonchev–Trinajstić information content (AvgIpc) is 3.24. The molecule has 3 aromatic heterocycles. The zero-order chi connectivity index (χ0) is 19.0. The largest absolute Gasteiger partial charge is 0.493 e. The van der Waals surface area contributed by atoms with Crippen molar-refractivity contribution in [3.05, 3.63) is 52.6 Å². The fourth-order valence-corrected chi connectivity index (χ4v) is 3.80. The topological polar surface area (TPSA) is 60.7 Å². The monoisotopic (exact) mass is 480 g/mol. The Kier molecular flexibility index (Phi) is 6.12. The number of fused-ring (bicyclic) bond motifs is 1. The average molecular weight is 482 g/mol. The molecule has 28 heavy (non-hydrogen) atoms. The van der Waals surface area contributed by atoms with Crippen LogP contribution < -0.4 is 14.8 Å². The van der Waals surface area contributed by atoms with Gasteiger partial charge in [-0.05, 0) is 31.2 Å². The predicted molar refractivity (Wildman–Crippen MR) is 119 cm³/mol. The standard InChI is InChI=1S/C19H17ClN4O2S.BrH/c1-11-18(24-9-12(20)4-7-17(24)21-11)14-10-27-19(23-14)22-13-5-6-15(25-2)16(8-13)26-3;/h4-10H,1-3H3,(H,22,23);1H. The van der Waals surface area contributed by atoms with E-state index in [9.17, 15) is 0 Å². The van der Waals surface area contributed by atoms with E-state index in [1.165, 1.54) is 11.3 Å². The van der Waals surface area contributed by atoms with Crippen LogP contribution in [0.3, 0.4) is 0 Å². The second-order valence-electron chi connectivity index (χ2n) is 5.85. The Morgan fingerprint density at radius 3 is 2.61 bits per heavy atom. The van der Waals surface area contributed by atoms with Crippen LogP contribution in [0.5, 0.6) is 11.5 Å². The number of hydrogen-bond acceptors (Lipinski definition) is 6. The molecule has 0 unspecified atom stereocenters. The SMILES string of the molecule is Br.COc1ccc(Nc2nc(-c3c(C)nc4ccc(Cl)cn34)cs2)cc1OC. The first-order valence-corrected chi connectivity index (χ1v) is 9.44. The molecule has 0 atom stereocenters. The third-order valence-corrected chi connectivity index (χ3v) is 5.12. The molecule has 0 aliphatic carbocycles. The van der Waals surface area contributed by atoms with E-state index in [0.29, 0.717) is 16.5 Å². The summed E-state index contributed by atoms with van der Waals surface area (Å²) in [6.07, 6.45) is 1.85. The Bertz CT molecular complexity index is 1130. The van der Waals surface area contributed by atoms with Gasteiger partial charge in [0.1, 0.15) is 11.3 Å². The molecule has 0 saturated heterocycles. The maximum absolute atomic E-state index is 6.15. The van der Waals surface area contributed by atoms with Gasteiger partial charge in [0.25, 0.3) is 0 Å². The molecule has 0 aliphatic rings. The smallest absolute Gasteiger partial charge is 0.187 e. The van der Waals surface area contributed by atoms with Crippen LogP contribution in [0.2, 0.25) is 5.02 Å². The van der Waals surface area contributed by atoms with Gasteiger partial charge in [0, 0.05) is 23.3 Å². The van der Waals surface area contributed by atoms with Crippen molar-refractivity contribution >= 4 is 56.4 Å². The maximum atomic E-state index is 6.15. The van der Waals surface area contributed by atoms with Gasteiger partial charge < -0.3 is 14.8 Å².